The first-order valence-electron chi connectivity index (χ1n) is 15.3. The molecule has 0 radical (unpaired) electrons. The molecule has 2 fully saturated rings. The molecule has 2 nitrogen and oxygen atoms in total. The van der Waals surface area contributed by atoms with Crippen molar-refractivity contribution >= 4 is 56.6 Å². The molecule has 3 unspecified atom stereocenters. The van der Waals surface area contributed by atoms with Gasteiger partial charge in [0.1, 0.15) is 0 Å². The number of carbonyl (C=O) groups is 1. The third kappa shape index (κ3) is 3.64. The van der Waals surface area contributed by atoms with Crippen molar-refractivity contribution in [1.82, 2.24) is 0 Å². The summed E-state index contributed by atoms with van der Waals surface area (Å²) in [5.41, 5.74) is 10.4. The van der Waals surface area contributed by atoms with E-state index in [9.17, 15) is 0 Å². The molecule has 2 heterocycles. The van der Waals surface area contributed by atoms with Crippen molar-refractivity contribution in [2.45, 2.75) is 119 Å². The van der Waals surface area contributed by atoms with Gasteiger partial charge >= 0.3 is 0 Å². The topological polar surface area (TPSA) is 26.3 Å². The number of benzene rings is 2. The lowest BCUT2D eigenvalue weighted by Gasteiger charge is -2.67. The van der Waals surface area contributed by atoms with Crippen molar-refractivity contribution in [2.75, 3.05) is 0 Å². The van der Waals surface area contributed by atoms with Crippen LogP contribution in [-0.2, 0) is 4.12 Å². The lowest BCUT2D eigenvalue weighted by atomic mass is 10.0. The molecule has 0 aromatic heterocycles. The normalized spacial score (nSPS) is 29.9. The van der Waals surface area contributed by atoms with Crippen LogP contribution in [0, 0.1) is 41.5 Å². The molecule has 0 spiro atoms. The summed E-state index contributed by atoms with van der Waals surface area (Å²) in [6.45, 7) is 41.6. The van der Waals surface area contributed by atoms with E-state index in [0.717, 1.165) is 5.56 Å². The summed E-state index contributed by atoms with van der Waals surface area (Å²) >= 11 is 0. The van der Waals surface area contributed by atoms with Gasteiger partial charge in [-0.3, -0.25) is 4.79 Å². The van der Waals surface area contributed by atoms with E-state index < -0.39 is 51.2 Å². The van der Waals surface area contributed by atoms with Crippen LogP contribution in [0.25, 0.3) is 0 Å². The molecule has 9 heteroatoms. The highest BCUT2D eigenvalue weighted by atomic mass is 30.2. The van der Waals surface area contributed by atoms with Crippen LogP contribution in [0.1, 0.15) is 54.5 Å². The van der Waals surface area contributed by atoms with Gasteiger partial charge in [0.15, 0.2) is 13.2 Å². The fourth-order valence-corrected chi connectivity index (χ4v) is 282. The number of rotatable bonds is 4. The molecule has 3 atom stereocenters. The Morgan fingerprint density at radius 2 is 1.05 bits per heavy atom. The monoisotopic (exact) mass is 656 g/mol. The summed E-state index contributed by atoms with van der Waals surface area (Å²) in [6, 6.07) is 9.36. The third-order valence-electron chi connectivity index (χ3n) is 12.7. The highest BCUT2D eigenvalue weighted by Crippen LogP contribution is 2.67. The van der Waals surface area contributed by atoms with Crippen molar-refractivity contribution in [3.63, 3.8) is 0 Å². The zero-order valence-corrected chi connectivity index (χ0v) is 35.7. The molecule has 2 aliphatic rings. The van der Waals surface area contributed by atoms with Gasteiger partial charge in [0, 0.05) is 26.9 Å². The van der Waals surface area contributed by atoms with Crippen molar-refractivity contribution in [3.8, 4) is 0 Å². The molecule has 0 saturated carbocycles. The molecule has 2 aliphatic heterocycles. The van der Waals surface area contributed by atoms with Gasteiger partial charge in [-0.1, -0.05) is 94.3 Å². The predicted molar refractivity (Wildman–Crippen MR) is 194 cm³/mol. The predicted octanol–water partition coefficient (Wildman–Crippen LogP) is 8.70. The van der Waals surface area contributed by atoms with Crippen LogP contribution in [0.2, 0.25) is 72.0 Å². The molecule has 4 rings (SSSR count). The molecule has 220 valence electrons. The molecule has 2 saturated heterocycles. The highest BCUT2D eigenvalue weighted by molar-refractivity contribution is 8.14. The summed E-state index contributed by atoms with van der Waals surface area (Å²) in [7, 11) is -12.7. The lowest BCUT2D eigenvalue weighted by Crippen LogP contribution is -2.93. The number of hydrogen-bond acceptors (Lipinski definition) is 2. The van der Waals surface area contributed by atoms with Gasteiger partial charge in [-0.25, -0.2) is 0 Å². The quantitative estimate of drug-likeness (QED) is 0.308. The van der Waals surface area contributed by atoms with Gasteiger partial charge in [0.25, 0.3) is 0 Å². The minimum Gasteiger partial charge on any atom is -0.455 e. The Bertz CT molecular complexity index is 1370. The number of hydrogen-bond donors (Lipinski definition) is 0. The number of aryl methyl sites for hydroxylation is 6. The zero-order chi connectivity index (χ0) is 30.8. The van der Waals surface area contributed by atoms with Gasteiger partial charge in [-0.05, 0) is 87.6 Å². The first-order valence-corrected chi connectivity index (χ1v) is 40.8. The Hall–Kier alpha value is -0.412. The largest absolute Gasteiger partial charge is 0.455 e. The van der Waals surface area contributed by atoms with E-state index in [1.807, 2.05) is 0 Å². The first-order chi connectivity index (χ1) is 17.9. The van der Waals surface area contributed by atoms with Gasteiger partial charge in [0.2, 0.25) is 7.83 Å². The number of carbonyl (C=O) groups excluding carboxylic acids is 1. The Morgan fingerprint density at radius 1 is 0.650 bits per heavy atom. The molecular weight excluding hydrogens is 601 g/mol. The Balaban J connectivity index is 2.34. The van der Waals surface area contributed by atoms with E-state index in [1.165, 1.54) is 33.4 Å². The van der Waals surface area contributed by atoms with Crippen LogP contribution in [0.4, 0.5) is 0 Å². The highest BCUT2D eigenvalue weighted by Gasteiger charge is 2.92. The zero-order valence-electron chi connectivity index (χ0n) is 28.7. The fraction of sp³-hybridized carbons (Fsp3) is 0.581. The van der Waals surface area contributed by atoms with Crippen molar-refractivity contribution in [2.24, 2.45) is 0 Å². The van der Waals surface area contributed by atoms with E-state index >= 15 is 4.79 Å². The average molecular weight is 657 g/mol. The van der Waals surface area contributed by atoms with Crippen LogP contribution >= 0.6 is 0 Å². The van der Waals surface area contributed by atoms with E-state index in [0.29, 0.717) is 10.6 Å². The van der Waals surface area contributed by atoms with Gasteiger partial charge < -0.3 is 4.12 Å². The third-order valence-corrected chi connectivity index (χ3v) is 163. The maximum absolute atomic E-state index is 15.9. The second-order valence-corrected chi connectivity index (χ2v) is 88.9. The molecule has 2 aromatic carbocycles. The Labute approximate surface area is 251 Å². The second kappa shape index (κ2) is 9.29. The van der Waals surface area contributed by atoms with Crippen LogP contribution in [0.5, 0.6) is 0 Å². The summed E-state index contributed by atoms with van der Waals surface area (Å²) in [4.78, 5) is 15.9. The Morgan fingerprint density at radius 3 is 1.45 bits per heavy atom. The van der Waals surface area contributed by atoms with E-state index in [4.69, 9.17) is 4.12 Å². The minimum absolute atomic E-state index is 0.422. The Kier molecular flexibility index (Phi) is 7.55. The molecule has 2 bridgehead atoms. The summed E-state index contributed by atoms with van der Waals surface area (Å²) in [5.74, 6) is 0. The molecule has 2 aromatic rings. The van der Waals surface area contributed by atoms with Crippen molar-refractivity contribution < 1.29 is 8.91 Å². The van der Waals surface area contributed by atoms with Crippen LogP contribution in [0.3, 0.4) is 0 Å². The standard InChI is InChI=1S/C31H56O2Si7/c1-22-18-24(3)28(25(4)19-22)30(32)39-31(29-26(5)20-23(2)21-27(29)6)40(34(7,8)9,38(16,17)37(39,14)15)36(12,13)35(10,11)33-39/h18-21,31H,1-17H3. The van der Waals surface area contributed by atoms with Crippen molar-refractivity contribution in [1.29, 1.82) is 0 Å². The SMILES string of the molecule is Cc1cc(C)c(C(=O)[Si]23O[Si](C)(C)[Si](C)(C)[Si]([Si](C)(C)C)(C2c2c(C)cc(C)cc2C)[Si](C)(C)[Si]3(C)C)c(C)c1. The first kappa shape index (κ1) is 32.5. The minimum atomic E-state index is -2.97. The molecule has 0 N–H and O–H groups in total. The molecule has 0 aliphatic carbocycles. The van der Waals surface area contributed by atoms with Gasteiger partial charge in [-0.15, -0.1) is 0 Å². The van der Waals surface area contributed by atoms with Crippen LogP contribution in [-0.4, -0.2) is 56.6 Å². The maximum Gasteiger partial charge on any atom is 0.246 e. The summed E-state index contributed by atoms with van der Waals surface area (Å²) in [6.07, 6.45) is 0. The van der Waals surface area contributed by atoms with E-state index in [-0.39, 0.29) is 0 Å². The molecule has 0 amide bonds. The molecule has 40 heavy (non-hydrogen) atoms. The lowest BCUT2D eigenvalue weighted by molar-refractivity contribution is 0.105. The summed E-state index contributed by atoms with van der Waals surface area (Å²) < 4.78 is 8.15. The van der Waals surface area contributed by atoms with Crippen LogP contribution in [0.15, 0.2) is 24.3 Å². The fourth-order valence-electron chi connectivity index (χ4n) is 10.9. The van der Waals surface area contributed by atoms with Gasteiger partial charge in [-0.2, -0.15) is 0 Å². The second-order valence-electron chi connectivity index (χ2n) is 16.6. The van der Waals surface area contributed by atoms with Crippen molar-refractivity contribution in [3.05, 3.63) is 68.8 Å². The number of fused-ring (bicyclic) bond motifs is 2. The summed E-state index contributed by atoms with van der Waals surface area (Å²) in [5, 5.41) is 0.923. The average Bonchev–Trinajstić information content (AvgIpc) is 2.83. The van der Waals surface area contributed by atoms with Gasteiger partial charge in [0.05, 0.1) is 14.2 Å². The smallest absolute Gasteiger partial charge is 0.246 e. The van der Waals surface area contributed by atoms with E-state index in [1.54, 1.807) is 5.56 Å². The molecular formula is C31H56O2Si7. The van der Waals surface area contributed by atoms with E-state index in [2.05, 4.69) is 138 Å². The van der Waals surface area contributed by atoms with Crippen LogP contribution < -0.4 is 0 Å². The maximum atomic E-state index is 15.9.